The molecule has 1 heterocycles. The Morgan fingerprint density at radius 3 is 2.94 bits per heavy atom. The van der Waals surface area contributed by atoms with Crippen molar-refractivity contribution in [1.82, 2.24) is 5.32 Å². The van der Waals surface area contributed by atoms with Crippen LogP contribution in [0.4, 0.5) is 5.69 Å². The quantitative estimate of drug-likeness (QED) is 0.737. The van der Waals surface area contributed by atoms with Gasteiger partial charge in [0.2, 0.25) is 5.91 Å². The molecule has 0 aromatic heterocycles. The number of β-amino-alcohol motifs (C(OH)–C–C–N with tert-alkyl or cyclic N) is 1. The molecule has 98 valence electrons. The Kier molecular flexibility index (Phi) is 3.84. The van der Waals surface area contributed by atoms with Gasteiger partial charge in [-0.05, 0) is 31.0 Å². The van der Waals surface area contributed by atoms with E-state index in [1.807, 2.05) is 25.1 Å². The van der Waals surface area contributed by atoms with E-state index in [1.165, 1.54) is 0 Å². The Labute approximate surface area is 106 Å². The minimum Gasteiger partial charge on any atom is -0.495 e. The zero-order valence-corrected chi connectivity index (χ0v) is 10.6. The lowest BCUT2D eigenvalue weighted by Gasteiger charge is -2.14. The standard InChI is InChI=1S/C13H18N2O3/c1-8-3-4-12(18-2)10(5-8)15-13(17)11-6-9(16)7-14-11/h3-5,9,11,14,16H,6-7H2,1-2H3,(H,15,17). The Balaban J connectivity index is 2.09. The van der Waals surface area contributed by atoms with E-state index in [9.17, 15) is 9.90 Å². The maximum atomic E-state index is 12.0. The van der Waals surface area contributed by atoms with E-state index in [0.717, 1.165) is 5.56 Å². The molecule has 0 spiro atoms. The SMILES string of the molecule is COc1ccc(C)cc1NC(=O)C1CC(O)CN1. The molecular weight excluding hydrogens is 232 g/mol. The summed E-state index contributed by atoms with van der Waals surface area (Å²) in [5.41, 5.74) is 1.70. The van der Waals surface area contributed by atoms with Gasteiger partial charge in [-0.15, -0.1) is 0 Å². The summed E-state index contributed by atoms with van der Waals surface area (Å²) in [6.07, 6.45) is 0.000108. The highest BCUT2D eigenvalue weighted by molar-refractivity contribution is 5.96. The third-order valence-electron chi connectivity index (χ3n) is 3.04. The summed E-state index contributed by atoms with van der Waals surface area (Å²) in [6.45, 7) is 2.41. The first-order valence-corrected chi connectivity index (χ1v) is 5.97. The Morgan fingerprint density at radius 2 is 2.33 bits per heavy atom. The van der Waals surface area contributed by atoms with Gasteiger partial charge in [0.15, 0.2) is 0 Å². The predicted molar refractivity (Wildman–Crippen MR) is 68.8 cm³/mol. The molecule has 1 aliphatic heterocycles. The number of benzene rings is 1. The molecule has 1 fully saturated rings. The number of amides is 1. The molecule has 0 aliphatic carbocycles. The number of aryl methyl sites for hydroxylation is 1. The second-order valence-corrected chi connectivity index (χ2v) is 4.54. The lowest BCUT2D eigenvalue weighted by molar-refractivity contribution is -0.117. The number of anilines is 1. The number of hydrogen-bond acceptors (Lipinski definition) is 4. The minimum atomic E-state index is -0.444. The largest absolute Gasteiger partial charge is 0.495 e. The van der Waals surface area contributed by atoms with Gasteiger partial charge in [0.25, 0.3) is 0 Å². The molecule has 0 saturated carbocycles. The molecule has 18 heavy (non-hydrogen) atoms. The molecule has 3 N–H and O–H groups in total. The summed E-state index contributed by atoms with van der Waals surface area (Å²) in [6, 6.07) is 5.26. The van der Waals surface area contributed by atoms with E-state index >= 15 is 0 Å². The monoisotopic (exact) mass is 250 g/mol. The van der Waals surface area contributed by atoms with Crippen LogP contribution in [0.2, 0.25) is 0 Å². The van der Waals surface area contributed by atoms with Gasteiger partial charge >= 0.3 is 0 Å². The van der Waals surface area contributed by atoms with E-state index < -0.39 is 6.10 Å². The normalized spacial score (nSPS) is 22.8. The number of carbonyl (C=O) groups is 1. The Morgan fingerprint density at radius 1 is 1.56 bits per heavy atom. The average Bonchev–Trinajstić information content (AvgIpc) is 2.76. The molecule has 5 heteroatoms. The number of carbonyl (C=O) groups excluding carboxylic acids is 1. The molecule has 1 aliphatic rings. The van der Waals surface area contributed by atoms with Crippen LogP contribution in [-0.4, -0.2) is 36.8 Å². The van der Waals surface area contributed by atoms with E-state index in [-0.39, 0.29) is 11.9 Å². The molecule has 2 rings (SSSR count). The minimum absolute atomic E-state index is 0.143. The van der Waals surface area contributed by atoms with Crippen molar-refractivity contribution in [3.05, 3.63) is 23.8 Å². The molecule has 1 saturated heterocycles. The van der Waals surface area contributed by atoms with E-state index in [2.05, 4.69) is 10.6 Å². The fraction of sp³-hybridized carbons (Fsp3) is 0.462. The summed E-state index contributed by atoms with van der Waals surface area (Å²) >= 11 is 0. The van der Waals surface area contributed by atoms with Gasteiger partial charge in [0, 0.05) is 6.54 Å². The van der Waals surface area contributed by atoms with E-state index in [0.29, 0.717) is 24.4 Å². The summed E-state index contributed by atoms with van der Waals surface area (Å²) in [5, 5.41) is 15.2. The lowest BCUT2D eigenvalue weighted by Crippen LogP contribution is -2.35. The van der Waals surface area contributed by atoms with E-state index in [1.54, 1.807) is 7.11 Å². The van der Waals surface area contributed by atoms with Crippen molar-refractivity contribution in [1.29, 1.82) is 0 Å². The predicted octanol–water partition coefficient (Wildman–Crippen LogP) is 0.665. The van der Waals surface area contributed by atoms with Gasteiger partial charge in [-0.3, -0.25) is 4.79 Å². The molecule has 5 nitrogen and oxygen atoms in total. The number of ether oxygens (including phenoxy) is 1. The van der Waals surface area contributed by atoms with Crippen LogP contribution in [-0.2, 0) is 4.79 Å². The van der Waals surface area contributed by atoms with Crippen molar-refractivity contribution >= 4 is 11.6 Å². The Hall–Kier alpha value is -1.59. The van der Waals surface area contributed by atoms with Crippen LogP contribution in [0.15, 0.2) is 18.2 Å². The first-order valence-electron chi connectivity index (χ1n) is 5.97. The van der Waals surface area contributed by atoms with Gasteiger partial charge in [-0.1, -0.05) is 6.07 Å². The summed E-state index contributed by atoms with van der Waals surface area (Å²) in [7, 11) is 1.57. The maximum absolute atomic E-state index is 12.0. The highest BCUT2D eigenvalue weighted by Gasteiger charge is 2.28. The molecule has 2 unspecified atom stereocenters. The van der Waals surface area contributed by atoms with Gasteiger partial charge in [0.05, 0.1) is 24.9 Å². The van der Waals surface area contributed by atoms with Crippen molar-refractivity contribution in [2.75, 3.05) is 19.0 Å². The smallest absolute Gasteiger partial charge is 0.241 e. The number of nitrogens with one attached hydrogen (secondary N) is 2. The average molecular weight is 250 g/mol. The molecule has 0 bridgehead atoms. The first kappa shape index (κ1) is 12.9. The van der Waals surface area contributed by atoms with Crippen molar-refractivity contribution in [3.63, 3.8) is 0 Å². The van der Waals surface area contributed by atoms with Crippen LogP contribution in [0.1, 0.15) is 12.0 Å². The van der Waals surface area contributed by atoms with Crippen molar-refractivity contribution < 1.29 is 14.6 Å². The summed E-state index contributed by atoms with van der Waals surface area (Å²) in [5.74, 6) is 0.489. The summed E-state index contributed by atoms with van der Waals surface area (Å²) < 4.78 is 5.20. The first-order chi connectivity index (χ1) is 8.60. The number of aliphatic hydroxyl groups is 1. The summed E-state index contributed by atoms with van der Waals surface area (Å²) in [4.78, 5) is 12.0. The Bertz CT molecular complexity index is 448. The molecule has 0 radical (unpaired) electrons. The van der Waals surface area contributed by atoms with Gasteiger partial charge < -0.3 is 20.5 Å². The molecular formula is C13H18N2O3. The molecule has 1 amide bonds. The van der Waals surface area contributed by atoms with Crippen molar-refractivity contribution in [2.45, 2.75) is 25.5 Å². The highest BCUT2D eigenvalue weighted by atomic mass is 16.5. The van der Waals surface area contributed by atoms with Crippen LogP contribution in [0.5, 0.6) is 5.75 Å². The molecule has 2 atom stereocenters. The topological polar surface area (TPSA) is 70.6 Å². The third-order valence-corrected chi connectivity index (χ3v) is 3.04. The second kappa shape index (κ2) is 5.37. The zero-order valence-electron chi connectivity index (χ0n) is 10.6. The van der Waals surface area contributed by atoms with Crippen LogP contribution in [0.25, 0.3) is 0 Å². The maximum Gasteiger partial charge on any atom is 0.241 e. The van der Waals surface area contributed by atoms with Crippen molar-refractivity contribution in [3.8, 4) is 5.75 Å². The number of methoxy groups -OCH3 is 1. The van der Waals surface area contributed by atoms with E-state index in [4.69, 9.17) is 4.74 Å². The zero-order chi connectivity index (χ0) is 13.1. The fourth-order valence-corrected chi connectivity index (χ4v) is 2.06. The third kappa shape index (κ3) is 2.80. The van der Waals surface area contributed by atoms with Gasteiger partial charge in [-0.2, -0.15) is 0 Å². The van der Waals surface area contributed by atoms with Crippen LogP contribution < -0.4 is 15.4 Å². The fourth-order valence-electron chi connectivity index (χ4n) is 2.06. The highest BCUT2D eigenvalue weighted by Crippen LogP contribution is 2.25. The van der Waals surface area contributed by atoms with Gasteiger partial charge in [-0.25, -0.2) is 0 Å². The number of aliphatic hydroxyl groups excluding tert-OH is 1. The second-order valence-electron chi connectivity index (χ2n) is 4.54. The lowest BCUT2D eigenvalue weighted by atomic mass is 10.1. The number of hydrogen-bond donors (Lipinski definition) is 3. The molecule has 1 aromatic rings. The van der Waals surface area contributed by atoms with Gasteiger partial charge in [0.1, 0.15) is 5.75 Å². The number of rotatable bonds is 3. The van der Waals surface area contributed by atoms with Crippen LogP contribution in [0.3, 0.4) is 0 Å². The molecule has 1 aromatic carbocycles. The van der Waals surface area contributed by atoms with Crippen molar-refractivity contribution in [2.24, 2.45) is 0 Å². The van der Waals surface area contributed by atoms with Crippen LogP contribution in [0, 0.1) is 6.92 Å². The van der Waals surface area contributed by atoms with Crippen LogP contribution >= 0.6 is 0 Å².